The Hall–Kier alpha value is -2.54. The second-order valence-electron chi connectivity index (χ2n) is 8.08. The van der Waals surface area contributed by atoms with Gasteiger partial charge in [-0.3, -0.25) is 9.69 Å². The second kappa shape index (κ2) is 8.06. The first-order valence-corrected chi connectivity index (χ1v) is 10.2. The maximum atomic E-state index is 12.7. The molecule has 2 fully saturated rings. The minimum absolute atomic E-state index is 0.0732. The number of methoxy groups -OCH3 is 2. The van der Waals surface area contributed by atoms with E-state index >= 15 is 0 Å². The molecule has 1 aromatic carbocycles. The first kappa shape index (κ1) is 19.8. The lowest BCUT2D eigenvalue weighted by Crippen LogP contribution is -2.50. The molecule has 7 nitrogen and oxygen atoms in total. The van der Waals surface area contributed by atoms with Gasteiger partial charge in [0.1, 0.15) is 22.8 Å². The van der Waals surface area contributed by atoms with E-state index in [4.69, 9.17) is 14.0 Å². The van der Waals surface area contributed by atoms with Crippen LogP contribution in [0.1, 0.15) is 53.1 Å². The predicted molar refractivity (Wildman–Crippen MR) is 108 cm³/mol. The molecule has 1 aromatic heterocycles. The van der Waals surface area contributed by atoms with Gasteiger partial charge < -0.3 is 19.3 Å². The molecular formula is C22H29N3O4. The molecule has 2 aliphatic rings. The Morgan fingerprint density at radius 2 is 1.93 bits per heavy atom. The van der Waals surface area contributed by atoms with Crippen LogP contribution in [0, 0.1) is 13.8 Å². The lowest BCUT2D eigenvalue weighted by atomic mass is 9.96. The van der Waals surface area contributed by atoms with E-state index in [2.05, 4.69) is 21.4 Å². The third kappa shape index (κ3) is 3.83. The average molecular weight is 399 g/mol. The molecule has 0 spiro atoms. The summed E-state index contributed by atoms with van der Waals surface area (Å²) in [6, 6.07) is 7.13. The molecule has 7 heteroatoms. The maximum Gasteiger partial charge on any atom is 0.257 e. The van der Waals surface area contributed by atoms with Crippen molar-refractivity contribution in [2.24, 2.45) is 0 Å². The van der Waals surface area contributed by atoms with Gasteiger partial charge in [-0.15, -0.1) is 0 Å². The van der Waals surface area contributed by atoms with Crippen molar-refractivity contribution in [3.05, 3.63) is 40.8 Å². The highest BCUT2D eigenvalue weighted by Crippen LogP contribution is 2.38. The number of rotatable bonds is 6. The Bertz CT molecular complexity index is 861. The van der Waals surface area contributed by atoms with Crippen molar-refractivity contribution in [2.45, 2.75) is 64.2 Å². The molecule has 2 bridgehead atoms. The van der Waals surface area contributed by atoms with E-state index in [0.29, 0.717) is 29.1 Å². The number of aryl methyl sites for hydroxylation is 2. The quantitative estimate of drug-likeness (QED) is 0.804. The molecule has 156 valence electrons. The van der Waals surface area contributed by atoms with Crippen molar-refractivity contribution in [3.63, 3.8) is 0 Å². The molecule has 2 unspecified atom stereocenters. The summed E-state index contributed by atoms with van der Waals surface area (Å²) in [5, 5.41) is 7.11. The normalized spacial score (nSPS) is 23.8. The van der Waals surface area contributed by atoms with Crippen LogP contribution in [-0.2, 0) is 6.54 Å². The summed E-state index contributed by atoms with van der Waals surface area (Å²) in [6.45, 7) is 4.44. The summed E-state index contributed by atoms with van der Waals surface area (Å²) in [5.41, 5.74) is 2.39. The van der Waals surface area contributed by atoms with E-state index < -0.39 is 0 Å². The largest absolute Gasteiger partial charge is 0.497 e. The van der Waals surface area contributed by atoms with Gasteiger partial charge in [-0.05, 0) is 45.6 Å². The molecule has 2 aromatic rings. The minimum atomic E-state index is -0.0732. The van der Waals surface area contributed by atoms with E-state index in [1.54, 1.807) is 28.1 Å². The summed E-state index contributed by atoms with van der Waals surface area (Å²) in [6.07, 6.45) is 4.26. The van der Waals surface area contributed by atoms with Gasteiger partial charge in [-0.2, -0.15) is 0 Å². The molecule has 2 saturated heterocycles. The van der Waals surface area contributed by atoms with Crippen LogP contribution < -0.4 is 14.8 Å². The summed E-state index contributed by atoms with van der Waals surface area (Å²) in [5.74, 6) is 2.16. The van der Waals surface area contributed by atoms with Gasteiger partial charge in [-0.25, -0.2) is 0 Å². The number of fused-ring (bicyclic) bond motifs is 2. The van der Waals surface area contributed by atoms with Gasteiger partial charge in [0, 0.05) is 36.3 Å². The first-order valence-electron chi connectivity index (χ1n) is 10.2. The fourth-order valence-corrected chi connectivity index (χ4v) is 4.89. The van der Waals surface area contributed by atoms with Gasteiger partial charge >= 0.3 is 0 Å². The molecule has 0 radical (unpaired) electrons. The number of amides is 1. The van der Waals surface area contributed by atoms with Gasteiger partial charge in [0.25, 0.3) is 5.91 Å². The van der Waals surface area contributed by atoms with Crippen molar-refractivity contribution in [1.82, 2.24) is 15.4 Å². The molecule has 2 aliphatic heterocycles. The lowest BCUT2D eigenvalue weighted by molar-refractivity contribution is 0.0824. The number of carbonyl (C=O) groups excluding carboxylic acids is 1. The summed E-state index contributed by atoms with van der Waals surface area (Å²) >= 11 is 0. The van der Waals surface area contributed by atoms with Crippen LogP contribution in [0.3, 0.4) is 0 Å². The highest BCUT2D eigenvalue weighted by Gasteiger charge is 2.41. The molecule has 2 atom stereocenters. The van der Waals surface area contributed by atoms with E-state index in [1.165, 1.54) is 18.4 Å². The Labute approximate surface area is 171 Å². The van der Waals surface area contributed by atoms with Crippen molar-refractivity contribution in [1.29, 1.82) is 0 Å². The van der Waals surface area contributed by atoms with Crippen LogP contribution in [0.5, 0.6) is 11.5 Å². The van der Waals surface area contributed by atoms with E-state index in [9.17, 15) is 4.79 Å². The SMILES string of the molecule is COc1ccc(CN2C3CCC2CC(NC(=O)c2c(C)noc2C)C3)c(OC)c1. The zero-order valence-electron chi connectivity index (χ0n) is 17.5. The van der Waals surface area contributed by atoms with Gasteiger partial charge in [-0.1, -0.05) is 11.2 Å². The van der Waals surface area contributed by atoms with Crippen LogP contribution in [-0.4, -0.2) is 48.3 Å². The monoisotopic (exact) mass is 399 g/mol. The van der Waals surface area contributed by atoms with E-state index in [0.717, 1.165) is 30.9 Å². The number of hydrogen-bond donors (Lipinski definition) is 1. The maximum absolute atomic E-state index is 12.7. The highest BCUT2D eigenvalue weighted by atomic mass is 16.5. The van der Waals surface area contributed by atoms with Crippen LogP contribution in [0.2, 0.25) is 0 Å². The van der Waals surface area contributed by atoms with Crippen molar-refractivity contribution in [2.75, 3.05) is 14.2 Å². The third-order valence-corrected chi connectivity index (χ3v) is 6.33. The molecule has 3 heterocycles. The minimum Gasteiger partial charge on any atom is -0.497 e. The summed E-state index contributed by atoms with van der Waals surface area (Å²) in [7, 11) is 3.36. The Balaban J connectivity index is 1.43. The molecule has 0 saturated carbocycles. The van der Waals surface area contributed by atoms with Gasteiger partial charge in [0.2, 0.25) is 0 Å². The smallest absolute Gasteiger partial charge is 0.257 e. The van der Waals surface area contributed by atoms with Gasteiger partial charge in [0.15, 0.2) is 0 Å². The highest BCUT2D eigenvalue weighted by molar-refractivity contribution is 5.96. The molecule has 29 heavy (non-hydrogen) atoms. The number of ether oxygens (including phenoxy) is 2. The number of piperidine rings is 1. The summed E-state index contributed by atoms with van der Waals surface area (Å²) in [4.78, 5) is 15.3. The number of nitrogens with one attached hydrogen (secondary N) is 1. The average Bonchev–Trinajstić information content (AvgIpc) is 3.16. The van der Waals surface area contributed by atoms with Crippen molar-refractivity contribution >= 4 is 5.91 Å². The fourth-order valence-electron chi connectivity index (χ4n) is 4.89. The predicted octanol–water partition coefficient (Wildman–Crippen LogP) is 3.23. The van der Waals surface area contributed by atoms with Crippen molar-refractivity contribution in [3.8, 4) is 11.5 Å². The molecular weight excluding hydrogens is 370 g/mol. The molecule has 1 amide bonds. The standard InChI is InChI=1S/C22H29N3O4/c1-13-21(14(2)29-24-13)22(26)23-16-9-17-6-7-18(10-16)25(17)12-15-5-8-19(27-3)11-20(15)28-4/h5,8,11,16-18H,6-7,9-10,12H2,1-4H3,(H,23,26). The van der Waals surface area contributed by atoms with Crippen LogP contribution in [0.25, 0.3) is 0 Å². The van der Waals surface area contributed by atoms with Crippen LogP contribution in [0.15, 0.2) is 22.7 Å². The first-order chi connectivity index (χ1) is 14.0. The van der Waals surface area contributed by atoms with Crippen LogP contribution >= 0.6 is 0 Å². The molecule has 0 aliphatic carbocycles. The lowest BCUT2D eigenvalue weighted by Gasteiger charge is -2.39. The fraction of sp³-hybridized carbons (Fsp3) is 0.545. The Kier molecular flexibility index (Phi) is 5.50. The topological polar surface area (TPSA) is 76.8 Å². The Morgan fingerprint density at radius 3 is 2.52 bits per heavy atom. The Morgan fingerprint density at radius 1 is 1.21 bits per heavy atom. The number of nitrogens with zero attached hydrogens (tertiary/aromatic N) is 2. The molecule has 1 N–H and O–H groups in total. The molecule has 4 rings (SSSR count). The van der Waals surface area contributed by atoms with Crippen LogP contribution in [0.4, 0.5) is 0 Å². The zero-order valence-corrected chi connectivity index (χ0v) is 17.5. The number of benzene rings is 1. The summed E-state index contributed by atoms with van der Waals surface area (Å²) < 4.78 is 16.0. The number of aromatic nitrogens is 1. The number of hydrogen-bond acceptors (Lipinski definition) is 6. The third-order valence-electron chi connectivity index (χ3n) is 6.33. The van der Waals surface area contributed by atoms with Crippen molar-refractivity contribution < 1.29 is 18.8 Å². The van der Waals surface area contributed by atoms with E-state index in [1.807, 2.05) is 12.1 Å². The van der Waals surface area contributed by atoms with Gasteiger partial charge in [0.05, 0.1) is 19.9 Å². The number of carbonyl (C=O) groups is 1. The van der Waals surface area contributed by atoms with E-state index in [-0.39, 0.29) is 11.9 Å². The zero-order chi connectivity index (χ0) is 20.5. The second-order valence-corrected chi connectivity index (χ2v) is 8.08.